The third-order valence-electron chi connectivity index (χ3n) is 14.7. The van der Waals surface area contributed by atoms with Crippen LogP contribution in [0.1, 0.15) is 110 Å². The van der Waals surface area contributed by atoms with Crippen LogP contribution in [-0.4, -0.2) is 156 Å². The molecule has 28 nitrogen and oxygen atoms in total. The highest BCUT2D eigenvalue weighted by atomic mass is 79.9. The number of carboxylic acid groups (broad SMARTS) is 3. The summed E-state index contributed by atoms with van der Waals surface area (Å²) in [6.07, 6.45) is -0.362. The number of aliphatic carboxylic acids is 3. The number of benzene rings is 4. The Hall–Kier alpha value is -9.62. The number of fused-ring (bicyclic) bond motifs is 1. The summed E-state index contributed by atoms with van der Waals surface area (Å²) in [5.74, 6) is -13.0. The number of halogens is 2. The largest absolute Gasteiger partial charge is 0.481 e. The van der Waals surface area contributed by atoms with Gasteiger partial charge in [-0.25, -0.2) is 12.8 Å². The summed E-state index contributed by atoms with van der Waals surface area (Å²) in [4.78, 5) is 159. The van der Waals surface area contributed by atoms with Gasteiger partial charge in [-0.15, -0.1) is 0 Å². The highest BCUT2D eigenvalue weighted by Gasteiger charge is 2.34. The molecule has 0 aliphatic rings. The Bertz CT molecular complexity index is 3670. The van der Waals surface area contributed by atoms with Gasteiger partial charge in [0.1, 0.15) is 42.1 Å². The quantitative estimate of drug-likeness (QED) is 0.0250. The third-order valence-corrected chi connectivity index (χ3v) is 16.8. The van der Waals surface area contributed by atoms with E-state index in [4.69, 9.17) is 5.73 Å². The third kappa shape index (κ3) is 25.5. The molecule has 0 spiro atoms. The molecule has 0 bridgehead atoms. The molecule has 94 heavy (non-hydrogen) atoms. The number of aromatic amines is 1. The number of aromatic nitrogens is 1. The van der Waals surface area contributed by atoms with Crippen LogP contribution in [0.15, 0.2) is 107 Å². The second-order valence-electron chi connectivity index (χ2n) is 22.2. The van der Waals surface area contributed by atoms with Crippen LogP contribution in [0.3, 0.4) is 0 Å². The van der Waals surface area contributed by atoms with Crippen LogP contribution in [0.4, 0.5) is 4.39 Å². The highest BCUT2D eigenvalue weighted by molar-refractivity contribution is 9.10. The first-order chi connectivity index (χ1) is 44.6. The number of rotatable bonds is 40. The molecule has 0 aliphatic heterocycles. The molecule has 0 aliphatic carbocycles. The Labute approximate surface area is 548 Å². The van der Waals surface area contributed by atoms with E-state index in [0.29, 0.717) is 65.2 Å². The van der Waals surface area contributed by atoms with Gasteiger partial charge in [-0.2, -0.15) is 4.72 Å². The fourth-order valence-corrected chi connectivity index (χ4v) is 11.6. The molecule has 5 aromatic rings. The van der Waals surface area contributed by atoms with E-state index in [-0.39, 0.29) is 47.7 Å². The molecule has 15 N–H and O–H groups in total. The molecule has 6 atom stereocenters. The van der Waals surface area contributed by atoms with Crippen LogP contribution in [0, 0.1) is 19.7 Å². The van der Waals surface area contributed by atoms with E-state index >= 15 is 0 Å². The van der Waals surface area contributed by atoms with Crippen molar-refractivity contribution in [1.29, 1.82) is 0 Å². The summed E-state index contributed by atoms with van der Waals surface area (Å²) < 4.78 is 43.9. The fraction of sp³-hybridized carbons (Fsp3) is 0.397. The molecule has 506 valence electrons. The van der Waals surface area contributed by atoms with Gasteiger partial charge in [0.2, 0.25) is 57.3 Å². The van der Waals surface area contributed by atoms with Crippen molar-refractivity contribution >= 4 is 108 Å². The molecule has 31 heteroatoms. The van der Waals surface area contributed by atoms with E-state index in [1.807, 2.05) is 23.8 Å². The average molecular weight is 1390 g/mol. The molecule has 0 radical (unpaired) electrons. The summed E-state index contributed by atoms with van der Waals surface area (Å²) in [6.45, 7) is 2.73. The second kappa shape index (κ2) is 37.2. The Balaban J connectivity index is 1.24. The van der Waals surface area contributed by atoms with Gasteiger partial charge in [-0.3, -0.25) is 57.5 Å². The zero-order chi connectivity index (χ0) is 69.1. The molecule has 1 aromatic heterocycles. The van der Waals surface area contributed by atoms with E-state index in [0.717, 1.165) is 17.7 Å². The predicted molar refractivity (Wildman–Crippen MR) is 342 cm³/mol. The number of unbranched alkanes of at least 4 members (excludes halogenated alkanes) is 3. The normalized spacial score (nSPS) is 13.1. The molecule has 5 rings (SSSR count). The average Bonchev–Trinajstić information content (AvgIpc) is 1.21. The standard InChI is InChI=1S/C63H77BrFN11O17S/c1-36-17-19-39(20-18-36)58(86)67-28-9-7-15-45(57(66)85)71-52(77)16-4-3-8-27-68-59(87)46(22-25-54(79)80)73-62(90)49(32-40-34-69-44-14-6-5-13-43(40)44)75-61(89)48(31-38-11-10-12-42(65)30-38)72-53(78)35-70-60(88)47(23-26-55(81)82)74-63(91)50(33-56(83)84)76-94(92,93)51-24-21-41(64)29-37(51)2/h5-6,10-14,17-21,24,29-30,34,45-50,69,76H,3-4,7-9,15-16,22-23,25-28,31-33,35H2,1-2H3,(H2,66,85)(H,67,86)(H,68,87)(H,70,88)(H,71,77)(H,72,78)(H,73,90)(H,74,91)(H,75,89)(H,79,80)(H,81,82)(H,83,84). The first-order valence-electron chi connectivity index (χ1n) is 30.0. The molecule has 0 saturated heterocycles. The lowest BCUT2D eigenvalue weighted by Crippen LogP contribution is -2.58. The highest BCUT2D eigenvalue weighted by Crippen LogP contribution is 2.22. The summed E-state index contributed by atoms with van der Waals surface area (Å²) >= 11 is 3.22. The lowest BCUT2D eigenvalue weighted by molar-refractivity contribution is -0.140. The van der Waals surface area contributed by atoms with Crippen molar-refractivity contribution in [2.75, 3.05) is 19.6 Å². The summed E-state index contributed by atoms with van der Waals surface area (Å²) in [5, 5.41) is 49.4. The lowest BCUT2D eigenvalue weighted by Gasteiger charge is -2.26. The minimum absolute atomic E-state index is 0.0111. The van der Waals surface area contributed by atoms with Crippen LogP contribution in [0.25, 0.3) is 10.9 Å². The minimum atomic E-state index is -4.59. The Morgan fingerprint density at radius 3 is 1.79 bits per heavy atom. The summed E-state index contributed by atoms with van der Waals surface area (Å²) in [5.41, 5.74) is 8.59. The first kappa shape index (κ1) is 75.1. The predicted octanol–water partition coefficient (Wildman–Crippen LogP) is 2.33. The molecule has 6 unspecified atom stereocenters. The van der Waals surface area contributed by atoms with Crippen molar-refractivity contribution in [3.05, 3.63) is 135 Å². The van der Waals surface area contributed by atoms with Crippen LogP contribution in [-0.2, 0) is 75.6 Å². The van der Waals surface area contributed by atoms with E-state index in [1.54, 1.807) is 42.6 Å². The maximum absolute atomic E-state index is 14.6. The smallest absolute Gasteiger partial charge is 0.305 e. The zero-order valence-electron chi connectivity index (χ0n) is 51.5. The van der Waals surface area contributed by atoms with Gasteiger partial charge >= 0.3 is 17.9 Å². The Kier molecular flexibility index (Phi) is 29.7. The number of nitrogens with one attached hydrogen (secondary N) is 10. The van der Waals surface area contributed by atoms with E-state index < -0.39 is 162 Å². The van der Waals surface area contributed by atoms with Crippen molar-refractivity contribution in [3.63, 3.8) is 0 Å². The maximum Gasteiger partial charge on any atom is 0.305 e. The summed E-state index contributed by atoms with van der Waals surface area (Å²) in [7, 11) is -4.59. The van der Waals surface area contributed by atoms with E-state index in [1.165, 1.54) is 37.3 Å². The first-order valence-corrected chi connectivity index (χ1v) is 32.3. The Morgan fingerprint density at radius 1 is 0.564 bits per heavy atom. The number of amides is 9. The molecule has 0 saturated carbocycles. The SMILES string of the molecule is Cc1ccc(C(=O)NCCCCC(NC(=O)CCCCCNC(=O)C(CCC(=O)O)NC(=O)C(Cc2c[nH]c3ccccc23)NC(=O)C(Cc2cccc(F)c2)NC(=O)CNC(=O)C(CCC(=O)O)NC(=O)C(CC(=O)O)NS(=O)(=O)c2ccc(Br)cc2C)C(N)=O)cc1. The molecule has 1 heterocycles. The second-order valence-corrected chi connectivity index (χ2v) is 24.8. The number of hydrogen-bond donors (Lipinski definition) is 14. The van der Waals surface area contributed by atoms with Gasteiger partial charge in [-0.1, -0.05) is 70.4 Å². The molecular formula is C63H77BrFN11O17S. The minimum Gasteiger partial charge on any atom is -0.481 e. The van der Waals surface area contributed by atoms with Gasteiger partial charge in [0, 0.05) is 72.3 Å². The van der Waals surface area contributed by atoms with Crippen LogP contribution in [0.2, 0.25) is 0 Å². The number of carbonyl (C=O) groups excluding carboxylic acids is 9. The zero-order valence-corrected chi connectivity index (χ0v) is 53.9. The molecule has 9 amide bonds. The number of carboxylic acids is 3. The van der Waals surface area contributed by atoms with Gasteiger partial charge in [-0.05, 0) is 124 Å². The van der Waals surface area contributed by atoms with E-state index in [2.05, 4.69) is 63.4 Å². The maximum atomic E-state index is 14.6. The van der Waals surface area contributed by atoms with Crippen molar-refractivity contribution in [1.82, 2.24) is 52.2 Å². The molecular weight excluding hydrogens is 1310 g/mol. The van der Waals surface area contributed by atoms with Crippen LogP contribution >= 0.6 is 15.9 Å². The van der Waals surface area contributed by atoms with Crippen LogP contribution in [0.5, 0.6) is 0 Å². The Morgan fingerprint density at radius 2 is 1.16 bits per heavy atom. The van der Waals surface area contributed by atoms with Crippen molar-refractivity contribution in [3.8, 4) is 0 Å². The fourth-order valence-electron chi connectivity index (χ4n) is 9.75. The van der Waals surface area contributed by atoms with Crippen molar-refractivity contribution in [2.45, 2.75) is 145 Å². The number of nitrogens with two attached hydrogens (primary N) is 1. The topological polar surface area (TPSA) is 450 Å². The monoisotopic (exact) mass is 1390 g/mol. The van der Waals surface area contributed by atoms with Gasteiger partial charge in [0.15, 0.2) is 0 Å². The number of primary amides is 1. The van der Waals surface area contributed by atoms with Gasteiger partial charge < -0.3 is 68.6 Å². The van der Waals surface area contributed by atoms with Gasteiger partial charge in [0.05, 0.1) is 17.9 Å². The van der Waals surface area contributed by atoms with Crippen molar-refractivity contribution < 1.29 is 85.7 Å². The van der Waals surface area contributed by atoms with Crippen molar-refractivity contribution in [2.24, 2.45) is 5.73 Å². The number of sulfonamides is 1. The number of aryl methyl sites for hydroxylation is 2. The molecule has 4 aromatic carbocycles. The summed E-state index contributed by atoms with van der Waals surface area (Å²) in [6, 6.07) is 13.4. The number of carbonyl (C=O) groups is 12. The van der Waals surface area contributed by atoms with Gasteiger partial charge in [0.25, 0.3) is 5.91 Å². The molecule has 0 fully saturated rings. The number of para-hydroxylation sites is 1. The number of hydrogen-bond acceptors (Lipinski definition) is 14. The number of H-pyrrole nitrogens is 1. The lowest BCUT2D eigenvalue weighted by atomic mass is 10.0. The van der Waals surface area contributed by atoms with Crippen LogP contribution < -0.4 is 53.0 Å². The van der Waals surface area contributed by atoms with E-state index in [9.17, 15) is 85.7 Å².